The van der Waals surface area contributed by atoms with Crippen LogP contribution in [-0.2, 0) is 0 Å². The minimum absolute atomic E-state index is 0.473. The molecule has 1 fully saturated rings. The Morgan fingerprint density at radius 2 is 2.16 bits per heavy atom. The average molecular weight is 264 g/mol. The first kappa shape index (κ1) is 13.9. The van der Waals surface area contributed by atoms with Crippen molar-refractivity contribution in [3.8, 4) is 5.88 Å². The lowest BCUT2D eigenvalue weighted by atomic mass is 10.1. The first-order valence-electron chi connectivity index (χ1n) is 7.20. The SMILES string of the molecule is CCCOc1ncnc(N2C(C)CCC2CC)c1N. The van der Waals surface area contributed by atoms with E-state index in [0.717, 1.165) is 18.7 Å². The Morgan fingerprint density at radius 3 is 2.84 bits per heavy atom. The van der Waals surface area contributed by atoms with E-state index in [9.17, 15) is 0 Å². The van der Waals surface area contributed by atoms with Crippen molar-refractivity contribution in [1.29, 1.82) is 0 Å². The summed E-state index contributed by atoms with van der Waals surface area (Å²) < 4.78 is 5.59. The highest BCUT2D eigenvalue weighted by Crippen LogP contribution is 2.36. The van der Waals surface area contributed by atoms with Crippen LogP contribution >= 0.6 is 0 Å². The summed E-state index contributed by atoms with van der Waals surface area (Å²) in [5.41, 5.74) is 6.76. The Balaban J connectivity index is 2.28. The Labute approximate surface area is 115 Å². The van der Waals surface area contributed by atoms with Crippen LogP contribution in [0, 0.1) is 0 Å². The lowest BCUT2D eigenvalue weighted by molar-refractivity contribution is 0.306. The number of hydrogen-bond acceptors (Lipinski definition) is 5. The molecule has 0 aromatic carbocycles. The van der Waals surface area contributed by atoms with E-state index >= 15 is 0 Å². The van der Waals surface area contributed by atoms with Crippen LogP contribution in [0.5, 0.6) is 5.88 Å². The maximum Gasteiger partial charge on any atom is 0.242 e. The second kappa shape index (κ2) is 6.08. The number of nitrogens with two attached hydrogens (primary N) is 1. The molecule has 5 nitrogen and oxygen atoms in total. The lowest BCUT2D eigenvalue weighted by Crippen LogP contribution is -2.35. The van der Waals surface area contributed by atoms with E-state index in [1.165, 1.54) is 12.8 Å². The predicted molar refractivity (Wildman–Crippen MR) is 77.5 cm³/mol. The van der Waals surface area contributed by atoms with Gasteiger partial charge < -0.3 is 15.4 Å². The largest absolute Gasteiger partial charge is 0.476 e. The van der Waals surface area contributed by atoms with Crippen LogP contribution in [0.15, 0.2) is 6.33 Å². The van der Waals surface area contributed by atoms with Crippen LogP contribution in [0.4, 0.5) is 11.5 Å². The minimum Gasteiger partial charge on any atom is -0.476 e. The first-order valence-corrected chi connectivity index (χ1v) is 7.20. The summed E-state index contributed by atoms with van der Waals surface area (Å²) in [5.74, 6) is 1.35. The van der Waals surface area contributed by atoms with E-state index in [-0.39, 0.29) is 0 Å². The molecule has 5 heteroatoms. The first-order chi connectivity index (χ1) is 9.19. The van der Waals surface area contributed by atoms with E-state index in [1.54, 1.807) is 6.33 Å². The van der Waals surface area contributed by atoms with Crippen molar-refractivity contribution in [2.75, 3.05) is 17.2 Å². The normalized spacial score (nSPS) is 22.8. The van der Waals surface area contributed by atoms with Gasteiger partial charge in [-0.05, 0) is 32.6 Å². The molecule has 0 amide bonds. The van der Waals surface area contributed by atoms with Gasteiger partial charge in [0.05, 0.1) is 6.61 Å². The lowest BCUT2D eigenvalue weighted by Gasteiger charge is -2.30. The molecule has 2 rings (SSSR count). The van der Waals surface area contributed by atoms with E-state index in [4.69, 9.17) is 10.5 Å². The van der Waals surface area contributed by atoms with Gasteiger partial charge >= 0.3 is 0 Å². The number of rotatable bonds is 5. The van der Waals surface area contributed by atoms with E-state index < -0.39 is 0 Å². The van der Waals surface area contributed by atoms with Gasteiger partial charge in [0.1, 0.15) is 12.0 Å². The summed E-state index contributed by atoms with van der Waals surface area (Å²) in [6.07, 6.45) is 5.99. The number of nitrogen functional groups attached to an aromatic ring is 1. The summed E-state index contributed by atoms with van der Waals surface area (Å²) >= 11 is 0. The molecule has 2 heterocycles. The topological polar surface area (TPSA) is 64.3 Å². The Hall–Kier alpha value is -1.52. The molecule has 2 atom stereocenters. The molecule has 1 aliphatic heterocycles. The highest BCUT2D eigenvalue weighted by atomic mass is 16.5. The third-order valence-corrected chi connectivity index (χ3v) is 3.77. The van der Waals surface area contributed by atoms with Gasteiger partial charge in [0.15, 0.2) is 5.82 Å². The van der Waals surface area contributed by atoms with Crippen molar-refractivity contribution in [1.82, 2.24) is 9.97 Å². The van der Waals surface area contributed by atoms with E-state index in [1.807, 2.05) is 0 Å². The Kier molecular flexibility index (Phi) is 4.45. The Morgan fingerprint density at radius 1 is 1.37 bits per heavy atom. The summed E-state index contributed by atoms with van der Waals surface area (Å²) in [6.45, 7) is 7.13. The molecule has 2 N–H and O–H groups in total. The number of nitrogens with zero attached hydrogens (tertiary/aromatic N) is 3. The predicted octanol–water partition coefficient (Wildman–Crippen LogP) is 2.61. The summed E-state index contributed by atoms with van der Waals surface area (Å²) in [5, 5.41) is 0. The molecule has 1 aliphatic rings. The quantitative estimate of drug-likeness (QED) is 0.885. The number of hydrogen-bond donors (Lipinski definition) is 1. The Bertz CT molecular complexity index is 424. The molecule has 0 bridgehead atoms. The zero-order chi connectivity index (χ0) is 13.8. The fourth-order valence-electron chi connectivity index (χ4n) is 2.74. The molecule has 19 heavy (non-hydrogen) atoms. The van der Waals surface area contributed by atoms with Crippen LogP contribution in [0.3, 0.4) is 0 Å². The van der Waals surface area contributed by atoms with Crippen molar-refractivity contribution in [2.45, 2.75) is 58.5 Å². The van der Waals surface area contributed by atoms with E-state index in [0.29, 0.717) is 30.3 Å². The van der Waals surface area contributed by atoms with Crippen molar-refractivity contribution < 1.29 is 4.74 Å². The molecule has 1 aromatic heterocycles. The number of aromatic nitrogens is 2. The smallest absolute Gasteiger partial charge is 0.242 e. The monoisotopic (exact) mass is 264 g/mol. The minimum atomic E-state index is 0.473. The molecular formula is C14H24N4O. The van der Waals surface area contributed by atoms with Gasteiger partial charge in [-0.15, -0.1) is 0 Å². The van der Waals surface area contributed by atoms with Gasteiger partial charge in [-0.3, -0.25) is 0 Å². The maximum absolute atomic E-state index is 6.19. The third kappa shape index (κ3) is 2.74. The van der Waals surface area contributed by atoms with Gasteiger partial charge in [0, 0.05) is 12.1 Å². The molecule has 1 aromatic rings. The summed E-state index contributed by atoms with van der Waals surface area (Å²) in [4.78, 5) is 10.9. The molecule has 0 spiro atoms. The van der Waals surface area contributed by atoms with Crippen molar-refractivity contribution in [3.63, 3.8) is 0 Å². The molecule has 0 aliphatic carbocycles. The zero-order valence-corrected chi connectivity index (χ0v) is 12.1. The van der Waals surface area contributed by atoms with Crippen molar-refractivity contribution >= 4 is 11.5 Å². The fraction of sp³-hybridized carbons (Fsp3) is 0.714. The van der Waals surface area contributed by atoms with Crippen LogP contribution < -0.4 is 15.4 Å². The maximum atomic E-state index is 6.19. The molecular weight excluding hydrogens is 240 g/mol. The number of anilines is 2. The fourth-order valence-corrected chi connectivity index (χ4v) is 2.74. The van der Waals surface area contributed by atoms with E-state index in [2.05, 4.69) is 35.6 Å². The van der Waals surface area contributed by atoms with Crippen LogP contribution in [-0.4, -0.2) is 28.7 Å². The molecule has 106 valence electrons. The van der Waals surface area contributed by atoms with Gasteiger partial charge in [-0.2, -0.15) is 4.98 Å². The number of ether oxygens (including phenoxy) is 1. The zero-order valence-electron chi connectivity index (χ0n) is 12.1. The summed E-state index contributed by atoms with van der Waals surface area (Å²) in [7, 11) is 0. The van der Waals surface area contributed by atoms with Gasteiger partial charge in [-0.25, -0.2) is 4.98 Å². The average Bonchev–Trinajstić information content (AvgIpc) is 2.79. The highest BCUT2D eigenvalue weighted by molar-refractivity contribution is 5.68. The van der Waals surface area contributed by atoms with Gasteiger partial charge in [0.2, 0.25) is 5.88 Å². The van der Waals surface area contributed by atoms with Crippen LogP contribution in [0.2, 0.25) is 0 Å². The molecule has 0 saturated carbocycles. The third-order valence-electron chi connectivity index (χ3n) is 3.77. The summed E-state index contributed by atoms with van der Waals surface area (Å²) in [6, 6.07) is 0.993. The molecule has 1 saturated heterocycles. The standard InChI is InChI=1S/C14H24N4O/c1-4-8-19-14-12(15)13(16-9-17-14)18-10(3)6-7-11(18)5-2/h9-11H,4-8,15H2,1-3H3. The highest BCUT2D eigenvalue weighted by Gasteiger charge is 2.32. The van der Waals surface area contributed by atoms with Gasteiger partial charge in [-0.1, -0.05) is 13.8 Å². The molecule has 2 unspecified atom stereocenters. The van der Waals surface area contributed by atoms with Crippen LogP contribution in [0.25, 0.3) is 0 Å². The molecule has 0 radical (unpaired) electrons. The second-order valence-electron chi connectivity index (χ2n) is 5.16. The van der Waals surface area contributed by atoms with Crippen molar-refractivity contribution in [2.24, 2.45) is 0 Å². The van der Waals surface area contributed by atoms with Crippen molar-refractivity contribution in [3.05, 3.63) is 6.33 Å². The van der Waals surface area contributed by atoms with Gasteiger partial charge in [0.25, 0.3) is 0 Å². The second-order valence-corrected chi connectivity index (χ2v) is 5.16. The van der Waals surface area contributed by atoms with Crippen LogP contribution in [0.1, 0.15) is 46.5 Å².